The van der Waals surface area contributed by atoms with Gasteiger partial charge in [-0.3, -0.25) is 14.3 Å². The van der Waals surface area contributed by atoms with E-state index in [2.05, 4.69) is 5.10 Å². The van der Waals surface area contributed by atoms with Crippen LogP contribution in [-0.4, -0.2) is 26.8 Å². The number of nitrogens with zero attached hydrogens (tertiary/aromatic N) is 2. The summed E-state index contributed by atoms with van der Waals surface area (Å²) in [6.45, 7) is 0. The van der Waals surface area contributed by atoms with Crippen LogP contribution in [0, 0.1) is 0 Å². The molecule has 0 spiro atoms. The second-order valence-electron chi connectivity index (χ2n) is 6.06. The number of carboxylic acids is 1. The maximum Gasteiger partial charge on any atom is 0.313 e. The molecule has 0 unspecified atom stereocenters. The molecule has 0 aliphatic heterocycles. The van der Waals surface area contributed by atoms with Gasteiger partial charge in [-0.1, -0.05) is 60.7 Å². The minimum atomic E-state index is -1.02. The van der Waals surface area contributed by atoms with Gasteiger partial charge in [0.05, 0.1) is 5.69 Å². The van der Waals surface area contributed by atoms with Gasteiger partial charge in [0.15, 0.2) is 0 Å². The zero-order valence-electron chi connectivity index (χ0n) is 14.2. The summed E-state index contributed by atoms with van der Waals surface area (Å²) in [6.07, 6.45) is 0. The fourth-order valence-electron chi connectivity index (χ4n) is 3.21. The molecule has 1 amide bonds. The topological polar surface area (TPSA) is 98.2 Å². The van der Waals surface area contributed by atoms with E-state index in [1.807, 2.05) is 60.7 Å². The summed E-state index contributed by atoms with van der Waals surface area (Å²) in [6, 6.07) is 20.3. The molecule has 1 heterocycles. The van der Waals surface area contributed by atoms with E-state index in [-0.39, 0.29) is 5.69 Å². The maximum absolute atomic E-state index is 12.2. The van der Waals surface area contributed by atoms with E-state index in [1.54, 1.807) is 7.05 Å². The number of carbonyl (C=O) groups is 2. The Hall–Kier alpha value is -3.41. The summed E-state index contributed by atoms with van der Waals surface area (Å²) in [5, 5.41) is 14.3. The number of rotatable bonds is 6. The molecule has 0 aliphatic carbocycles. The number of primary amides is 1. The molecule has 0 radical (unpaired) electrons. The van der Waals surface area contributed by atoms with Crippen molar-refractivity contribution in [3.63, 3.8) is 0 Å². The van der Waals surface area contributed by atoms with Crippen molar-refractivity contribution in [3.8, 4) is 0 Å². The molecule has 0 fully saturated rings. The van der Waals surface area contributed by atoms with E-state index >= 15 is 0 Å². The quantitative estimate of drug-likeness (QED) is 0.714. The highest BCUT2D eigenvalue weighted by Crippen LogP contribution is 2.38. The van der Waals surface area contributed by atoms with Crippen molar-refractivity contribution in [2.45, 2.75) is 11.8 Å². The molecule has 132 valence electrons. The molecule has 2 aromatic carbocycles. The molecule has 26 heavy (non-hydrogen) atoms. The summed E-state index contributed by atoms with van der Waals surface area (Å²) in [7, 11) is 1.57. The lowest BCUT2D eigenvalue weighted by molar-refractivity contribution is -0.139. The number of benzene rings is 2. The zero-order valence-corrected chi connectivity index (χ0v) is 14.2. The van der Waals surface area contributed by atoms with E-state index < -0.39 is 23.7 Å². The lowest BCUT2D eigenvalue weighted by atomic mass is 9.79. The zero-order chi connectivity index (χ0) is 18.7. The standard InChI is InChI=1S/C20H19N3O3/c1-23-16(19(21)24)12-15(22-23)18(20(25)26)17(13-8-4-2-5-9-13)14-10-6-3-7-11-14/h2-12,17-18H,1H3,(H2,21,24)(H,25,26)/t18-/m1/s1. The second-order valence-corrected chi connectivity index (χ2v) is 6.06. The fraction of sp³-hybridized carbons (Fsp3) is 0.150. The van der Waals surface area contributed by atoms with Gasteiger partial charge < -0.3 is 10.8 Å². The van der Waals surface area contributed by atoms with Gasteiger partial charge in [-0.15, -0.1) is 0 Å². The van der Waals surface area contributed by atoms with Gasteiger partial charge in [0.2, 0.25) is 0 Å². The van der Waals surface area contributed by atoms with Crippen molar-refractivity contribution >= 4 is 11.9 Å². The van der Waals surface area contributed by atoms with Crippen molar-refractivity contribution in [3.05, 3.63) is 89.2 Å². The molecule has 3 rings (SSSR count). The molecule has 3 N–H and O–H groups in total. The van der Waals surface area contributed by atoms with Crippen molar-refractivity contribution in [1.82, 2.24) is 9.78 Å². The van der Waals surface area contributed by atoms with Crippen LogP contribution in [0.15, 0.2) is 66.7 Å². The Balaban J connectivity index is 2.17. The van der Waals surface area contributed by atoms with Crippen molar-refractivity contribution in [2.24, 2.45) is 12.8 Å². The molecule has 1 aromatic heterocycles. The van der Waals surface area contributed by atoms with Crippen LogP contribution >= 0.6 is 0 Å². The summed E-state index contributed by atoms with van der Waals surface area (Å²) in [4.78, 5) is 23.8. The highest BCUT2D eigenvalue weighted by molar-refractivity contribution is 5.91. The normalized spacial score (nSPS) is 12.1. The van der Waals surface area contributed by atoms with E-state index in [4.69, 9.17) is 5.73 Å². The van der Waals surface area contributed by atoms with E-state index in [0.29, 0.717) is 5.69 Å². The number of nitrogens with two attached hydrogens (primary N) is 1. The Bertz CT molecular complexity index is 880. The number of carbonyl (C=O) groups excluding carboxylic acids is 1. The monoisotopic (exact) mass is 349 g/mol. The Morgan fingerprint density at radius 3 is 1.88 bits per heavy atom. The van der Waals surface area contributed by atoms with Gasteiger partial charge in [-0.25, -0.2) is 0 Å². The first-order valence-electron chi connectivity index (χ1n) is 8.15. The Morgan fingerprint density at radius 2 is 1.50 bits per heavy atom. The van der Waals surface area contributed by atoms with Crippen LogP contribution in [-0.2, 0) is 11.8 Å². The second kappa shape index (κ2) is 7.23. The molecule has 0 saturated heterocycles. The predicted octanol–water partition coefficient (Wildman–Crippen LogP) is 2.52. The third-order valence-corrected chi connectivity index (χ3v) is 4.39. The first-order valence-corrected chi connectivity index (χ1v) is 8.15. The average molecular weight is 349 g/mol. The highest BCUT2D eigenvalue weighted by Gasteiger charge is 2.35. The number of aliphatic carboxylic acids is 1. The summed E-state index contributed by atoms with van der Waals surface area (Å²) in [5.74, 6) is -3.08. The van der Waals surface area contributed by atoms with E-state index in [1.165, 1.54) is 10.7 Å². The number of hydrogen-bond donors (Lipinski definition) is 2. The Morgan fingerprint density at radius 1 is 1.00 bits per heavy atom. The van der Waals surface area contributed by atoms with Crippen LogP contribution in [0.25, 0.3) is 0 Å². The van der Waals surface area contributed by atoms with Gasteiger partial charge in [-0.05, 0) is 17.2 Å². The molecule has 1 atom stereocenters. The average Bonchev–Trinajstić information content (AvgIpc) is 3.02. The van der Waals surface area contributed by atoms with Gasteiger partial charge >= 0.3 is 5.97 Å². The third kappa shape index (κ3) is 3.35. The minimum absolute atomic E-state index is 0.172. The molecule has 0 aliphatic rings. The van der Waals surface area contributed by atoms with Crippen LogP contribution in [0.2, 0.25) is 0 Å². The first kappa shape index (κ1) is 17.4. The summed E-state index contributed by atoms with van der Waals surface area (Å²) < 4.78 is 1.32. The smallest absolute Gasteiger partial charge is 0.313 e. The number of aromatic nitrogens is 2. The minimum Gasteiger partial charge on any atom is -0.481 e. The largest absolute Gasteiger partial charge is 0.481 e. The molecule has 6 heteroatoms. The SMILES string of the molecule is Cn1nc([C@@H](C(=O)O)C(c2ccccc2)c2ccccc2)cc1C(N)=O. The summed E-state index contributed by atoms with van der Waals surface area (Å²) >= 11 is 0. The highest BCUT2D eigenvalue weighted by atomic mass is 16.4. The fourth-order valence-corrected chi connectivity index (χ4v) is 3.21. The van der Waals surface area contributed by atoms with E-state index in [9.17, 15) is 14.7 Å². The molecule has 3 aromatic rings. The van der Waals surface area contributed by atoms with Crippen LogP contribution in [0.4, 0.5) is 0 Å². The lowest BCUT2D eigenvalue weighted by Crippen LogP contribution is -2.22. The van der Waals surface area contributed by atoms with E-state index in [0.717, 1.165) is 11.1 Å². The number of amides is 1. The van der Waals surface area contributed by atoms with Crippen LogP contribution < -0.4 is 5.73 Å². The molecular formula is C20H19N3O3. The predicted molar refractivity (Wildman–Crippen MR) is 96.8 cm³/mol. The first-order chi connectivity index (χ1) is 12.5. The van der Waals surface area contributed by atoms with Crippen molar-refractivity contribution < 1.29 is 14.7 Å². The molecule has 0 bridgehead atoms. The molecule has 0 saturated carbocycles. The molecular weight excluding hydrogens is 330 g/mol. The summed E-state index contributed by atoms with van der Waals surface area (Å²) in [5.41, 5.74) is 7.54. The van der Waals surface area contributed by atoms with Gasteiger partial charge in [0, 0.05) is 13.0 Å². The number of aryl methyl sites for hydroxylation is 1. The van der Waals surface area contributed by atoms with Gasteiger partial charge in [0.25, 0.3) is 5.91 Å². The van der Waals surface area contributed by atoms with Crippen LogP contribution in [0.3, 0.4) is 0 Å². The Kier molecular flexibility index (Phi) is 4.84. The molecule has 6 nitrogen and oxygen atoms in total. The van der Waals surface area contributed by atoms with Crippen molar-refractivity contribution in [1.29, 1.82) is 0 Å². The van der Waals surface area contributed by atoms with Gasteiger partial charge in [-0.2, -0.15) is 5.10 Å². The van der Waals surface area contributed by atoms with Gasteiger partial charge in [0.1, 0.15) is 11.6 Å². The third-order valence-electron chi connectivity index (χ3n) is 4.39. The van der Waals surface area contributed by atoms with Crippen LogP contribution in [0.1, 0.15) is 39.1 Å². The maximum atomic E-state index is 12.2. The van der Waals surface area contributed by atoms with Crippen LogP contribution in [0.5, 0.6) is 0 Å². The number of hydrogen-bond acceptors (Lipinski definition) is 3. The van der Waals surface area contributed by atoms with Crippen molar-refractivity contribution in [2.75, 3.05) is 0 Å². The lowest BCUT2D eigenvalue weighted by Gasteiger charge is -2.24. The number of carboxylic acid groups (broad SMARTS) is 1. The Labute approximate surface area is 150 Å².